The molecule has 0 bridgehead atoms. The van der Waals surface area contributed by atoms with E-state index in [-0.39, 0.29) is 0 Å². The summed E-state index contributed by atoms with van der Waals surface area (Å²) in [6.45, 7) is 2.23. The zero-order chi connectivity index (χ0) is 4.83. The molecule has 0 N–H and O–H groups in total. The standard InChI is InChI=1S/C5H12S/c1-3-4-5-6-2/h3-5H2,1-2H3/p+1. The molecule has 0 aromatic heterocycles. The first-order valence-corrected chi connectivity index (χ1v) is 4.00. The second kappa shape index (κ2) is 5.35. The third-order valence-corrected chi connectivity index (χ3v) is 1.50. The number of hydrogen-bond donors (Lipinski definition) is 0. The summed E-state index contributed by atoms with van der Waals surface area (Å²) in [4.78, 5) is 0. The van der Waals surface area contributed by atoms with Crippen LogP contribution in [0.3, 0.4) is 0 Å². The predicted molar refractivity (Wildman–Crippen MR) is 34.5 cm³/mol. The molecule has 6 heavy (non-hydrogen) atoms. The maximum absolute atomic E-state index is 2.23. The minimum absolute atomic E-state index is 1.35. The van der Waals surface area contributed by atoms with Crippen molar-refractivity contribution in [1.29, 1.82) is 0 Å². The molecule has 0 amide bonds. The van der Waals surface area contributed by atoms with Crippen LogP contribution in [0.15, 0.2) is 0 Å². The molecule has 0 spiro atoms. The topological polar surface area (TPSA) is 0 Å². The van der Waals surface area contributed by atoms with E-state index in [0.29, 0.717) is 0 Å². The minimum Gasteiger partial charge on any atom is -0.0652 e. The molecule has 0 aliphatic heterocycles. The highest BCUT2D eigenvalue weighted by Crippen LogP contribution is 1.83. The van der Waals surface area contributed by atoms with Crippen LogP contribution in [0.5, 0.6) is 0 Å². The van der Waals surface area contributed by atoms with E-state index >= 15 is 0 Å². The van der Waals surface area contributed by atoms with Gasteiger partial charge in [-0.1, -0.05) is 13.3 Å². The molecular formula is C5H13S+. The fourth-order valence-corrected chi connectivity index (χ4v) is 0.949. The van der Waals surface area contributed by atoms with Crippen LogP contribution in [-0.2, 0) is 11.8 Å². The smallest absolute Gasteiger partial charge is 0.0652 e. The van der Waals surface area contributed by atoms with Gasteiger partial charge in [0, 0.05) is 0 Å². The van der Waals surface area contributed by atoms with Crippen LogP contribution in [-0.4, -0.2) is 12.0 Å². The lowest BCUT2D eigenvalue weighted by Gasteiger charge is -1.79. The lowest BCUT2D eigenvalue weighted by molar-refractivity contribution is 0.896. The summed E-state index contributed by atoms with van der Waals surface area (Å²) in [6, 6.07) is 0. The number of hydrogen-bond acceptors (Lipinski definition) is 0. The van der Waals surface area contributed by atoms with Gasteiger partial charge in [-0.05, 0) is 18.2 Å². The number of unbranched alkanes of at least 4 members (excludes halogenated alkanes) is 1. The average molecular weight is 105 g/mol. The van der Waals surface area contributed by atoms with E-state index in [2.05, 4.69) is 13.2 Å². The summed E-state index contributed by atoms with van der Waals surface area (Å²) in [7, 11) is 0. The molecule has 0 aliphatic carbocycles. The van der Waals surface area contributed by atoms with Gasteiger partial charge < -0.3 is 0 Å². The lowest BCUT2D eigenvalue weighted by Crippen LogP contribution is -1.82. The maximum atomic E-state index is 2.23. The second-order valence-electron chi connectivity index (χ2n) is 1.39. The van der Waals surface area contributed by atoms with Gasteiger partial charge in [-0.2, -0.15) is 0 Å². The predicted octanol–water partition coefficient (Wildman–Crippen LogP) is 1.23. The molecule has 0 aliphatic rings. The van der Waals surface area contributed by atoms with Crippen molar-refractivity contribution in [3.63, 3.8) is 0 Å². The van der Waals surface area contributed by atoms with Crippen molar-refractivity contribution >= 4 is 11.8 Å². The molecule has 0 saturated carbocycles. The molecule has 38 valence electrons. The molecule has 0 aromatic rings. The SMILES string of the molecule is CCCC[SH+]C. The molecule has 0 nitrogen and oxygen atoms in total. The van der Waals surface area contributed by atoms with Gasteiger partial charge in [0.05, 0.1) is 6.26 Å². The number of thiol groups is 1. The quantitative estimate of drug-likeness (QED) is 0.288. The van der Waals surface area contributed by atoms with Crippen LogP contribution in [0.25, 0.3) is 0 Å². The first-order chi connectivity index (χ1) is 2.91. The van der Waals surface area contributed by atoms with Crippen molar-refractivity contribution in [2.75, 3.05) is 12.0 Å². The first-order valence-electron chi connectivity index (χ1n) is 2.47. The van der Waals surface area contributed by atoms with Gasteiger partial charge in [-0.25, -0.2) is 0 Å². The molecule has 0 heterocycles. The van der Waals surface area contributed by atoms with Crippen molar-refractivity contribution in [3.8, 4) is 0 Å². The second-order valence-corrected chi connectivity index (χ2v) is 2.47. The van der Waals surface area contributed by atoms with Crippen molar-refractivity contribution in [2.24, 2.45) is 0 Å². The van der Waals surface area contributed by atoms with Crippen molar-refractivity contribution in [2.45, 2.75) is 19.8 Å². The Balaban J connectivity index is 2.34. The van der Waals surface area contributed by atoms with E-state index in [1.165, 1.54) is 18.6 Å². The van der Waals surface area contributed by atoms with Crippen molar-refractivity contribution in [1.82, 2.24) is 0 Å². The van der Waals surface area contributed by atoms with Gasteiger partial charge in [0.15, 0.2) is 0 Å². The van der Waals surface area contributed by atoms with Gasteiger partial charge in [-0.15, -0.1) is 0 Å². The molecular weight excluding hydrogens is 92.1 g/mol. The summed E-state index contributed by atoms with van der Waals surface area (Å²) in [6.07, 6.45) is 4.95. The summed E-state index contributed by atoms with van der Waals surface area (Å²) >= 11 is 1.55. The highest BCUT2D eigenvalue weighted by molar-refractivity contribution is 7.77. The first kappa shape index (κ1) is 6.35. The fourth-order valence-electron chi connectivity index (χ4n) is 0.316. The monoisotopic (exact) mass is 105 g/mol. The summed E-state index contributed by atoms with van der Waals surface area (Å²) in [5.41, 5.74) is 0. The molecule has 0 rings (SSSR count). The largest absolute Gasteiger partial charge is 0.105 e. The van der Waals surface area contributed by atoms with E-state index in [1.807, 2.05) is 0 Å². The molecule has 0 fully saturated rings. The van der Waals surface area contributed by atoms with Crippen LogP contribution in [0.4, 0.5) is 0 Å². The van der Waals surface area contributed by atoms with E-state index in [9.17, 15) is 0 Å². The summed E-state index contributed by atoms with van der Waals surface area (Å²) in [5, 5.41) is 0. The van der Waals surface area contributed by atoms with E-state index < -0.39 is 0 Å². The van der Waals surface area contributed by atoms with Crippen molar-refractivity contribution < 1.29 is 0 Å². The Morgan fingerprint density at radius 1 is 1.50 bits per heavy atom. The van der Waals surface area contributed by atoms with Gasteiger partial charge in [-0.3, -0.25) is 0 Å². The van der Waals surface area contributed by atoms with Gasteiger partial charge >= 0.3 is 0 Å². The maximum Gasteiger partial charge on any atom is 0.105 e. The Labute approximate surface area is 44.3 Å². The molecule has 0 radical (unpaired) electrons. The van der Waals surface area contributed by atoms with Crippen LogP contribution in [0.1, 0.15) is 19.8 Å². The van der Waals surface area contributed by atoms with E-state index in [1.54, 1.807) is 11.8 Å². The number of rotatable bonds is 3. The highest BCUT2D eigenvalue weighted by atomic mass is 32.2. The minimum atomic E-state index is 1.35. The third-order valence-electron chi connectivity index (χ3n) is 0.735. The Morgan fingerprint density at radius 3 is 2.33 bits per heavy atom. The summed E-state index contributed by atoms with van der Waals surface area (Å²) < 4.78 is 0. The van der Waals surface area contributed by atoms with Gasteiger partial charge in [0.2, 0.25) is 0 Å². The van der Waals surface area contributed by atoms with Crippen LogP contribution in [0.2, 0.25) is 0 Å². The van der Waals surface area contributed by atoms with Crippen LogP contribution < -0.4 is 0 Å². The van der Waals surface area contributed by atoms with Gasteiger partial charge in [0.1, 0.15) is 5.75 Å². The fraction of sp³-hybridized carbons (Fsp3) is 1.00. The average Bonchev–Trinajstić information content (AvgIpc) is 1.61. The Kier molecular flexibility index (Phi) is 5.66. The Morgan fingerprint density at radius 2 is 2.17 bits per heavy atom. The Hall–Kier alpha value is 0.350. The normalized spacial score (nSPS) is 9.00. The molecule has 1 heteroatoms. The van der Waals surface area contributed by atoms with Gasteiger partial charge in [0.25, 0.3) is 0 Å². The summed E-state index contributed by atoms with van der Waals surface area (Å²) in [5.74, 6) is 1.39. The molecule has 0 saturated heterocycles. The van der Waals surface area contributed by atoms with E-state index in [4.69, 9.17) is 0 Å². The molecule has 0 atom stereocenters. The zero-order valence-electron chi connectivity index (χ0n) is 4.57. The third kappa shape index (κ3) is 4.35. The van der Waals surface area contributed by atoms with E-state index in [0.717, 1.165) is 0 Å². The highest BCUT2D eigenvalue weighted by Gasteiger charge is 1.82. The Bertz CT molecular complexity index is 15.9. The van der Waals surface area contributed by atoms with Crippen molar-refractivity contribution in [3.05, 3.63) is 0 Å². The molecule has 0 unspecified atom stereocenters. The van der Waals surface area contributed by atoms with Crippen LogP contribution in [0, 0.1) is 0 Å². The lowest BCUT2D eigenvalue weighted by atomic mass is 10.4. The molecule has 0 aromatic carbocycles. The van der Waals surface area contributed by atoms with Crippen LogP contribution >= 0.6 is 0 Å². The zero-order valence-corrected chi connectivity index (χ0v) is 5.46.